The molecule has 0 spiro atoms. The molecule has 1 aliphatic rings. The highest BCUT2D eigenvalue weighted by molar-refractivity contribution is 7.89. The molecule has 5 rings (SSSR count). The highest BCUT2D eigenvalue weighted by Gasteiger charge is 2.28. The van der Waals surface area contributed by atoms with Gasteiger partial charge in [0.1, 0.15) is 0 Å². The lowest BCUT2D eigenvalue weighted by Crippen LogP contribution is -2.24. The number of carbonyl (C=O) groups excluding carboxylic acids is 2. The number of ether oxygens (including phenoxy) is 1. The number of allylic oxidation sites excluding steroid dienone is 1. The second-order valence-electron chi connectivity index (χ2n) is 9.40. The quantitative estimate of drug-likeness (QED) is 0.314. The summed E-state index contributed by atoms with van der Waals surface area (Å²) < 4.78 is 31.6. The average Bonchev–Trinajstić information content (AvgIpc) is 3.57. The lowest BCUT2D eigenvalue weighted by atomic mass is 10.0. The number of para-hydroxylation sites is 1. The predicted octanol–water partition coefficient (Wildman–Crippen LogP) is 5.14. The summed E-state index contributed by atoms with van der Waals surface area (Å²) in [6.45, 7) is 1.23. The average molecular weight is 562 g/mol. The lowest BCUT2D eigenvalue weighted by Gasteiger charge is -2.15. The molecule has 0 fully saturated rings. The first-order valence-corrected chi connectivity index (χ1v) is 14.6. The number of nitrogens with one attached hydrogen (secondary N) is 1. The zero-order valence-corrected chi connectivity index (χ0v) is 23.4. The number of fused-ring (bicyclic) bond motifs is 2. The van der Waals surface area contributed by atoms with E-state index in [0.29, 0.717) is 34.1 Å². The first kappa shape index (κ1) is 26.7. The Balaban J connectivity index is 1.38. The van der Waals surface area contributed by atoms with Crippen LogP contribution in [-0.4, -0.2) is 50.3 Å². The van der Waals surface area contributed by atoms with Crippen LogP contribution in [0.2, 0.25) is 0 Å². The first-order valence-electron chi connectivity index (χ1n) is 12.3. The molecule has 0 aliphatic heterocycles. The Morgan fingerprint density at radius 1 is 1.10 bits per heavy atom. The third-order valence-corrected chi connectivity index (χ3v) is 9.23. The van der Waals surface area contributed by atoms with Crippen LogP contribution in [0.5, 0.6) is 0 Å². The molecule has 0 saturated heterocycles. The van der Waals surface area contributed by atoms with E-state index >= 15 is 0 Å². The summed E-state index contributed by atoms with van der Waals surface area (Å²) in [5.41, 5.74) is 4.78. The molecule has 0 unspecified atom stereocenters. The number of benzene rings is 2. The molecule has 1 aliphatic carbocycles. The van der Waals surface area contributed by atoms with Crippen molar-refractivity contribution in [3.8, 4) is 0 Å². The van der Waals surface area contributed by atoms with E-state index in [1.807, 2.05) is 41.8 Å². The Kier molecular flexibility index (Phi) is 7.35. The maximum atomic E-state index is 13.4. The summed E-state index contributed by atoms with van der Waals surface area (Å²) in [7, 11) is -0.799. The van der Waals surface area contributed by atoms with E-state index in [2.05, 4.69) is 11.4 Å². The smallest absolute Gasteiger partial charge is 0.339 e. The Labute approximate surface area is 231 Å². The number of amides is 1. The van der Waals surface area contributed by atoms with Gasteiger partial charge in [0, 0.05) is 30.0 Å². The number of pyridine rings is 1. The van der Waals surface area contributed by atoms with Gasteiger partial charge >= 0.3 is 5.97 Å². The van der Waals surface area contributed by atoms with Gasteiger partial charge in [-0.2, -0.15) is 0 Å². The van der Waals surface area contributed by atoms with Crippen molar-refractivity contribution < 1.29 is 22.7 Å². The van der Waals surface area contributed by atoms with Gasteiger partial charge in [0.25, 0.3) is 5.91 Å². The molecule has 2 heterocycles. The molecule has 2 aromatic carbocycles. The van der Waals surface area contributed by atoms with Crippen molar-refractivity contribution in [2.75, 3.05) is 26.0 Å². The summed E-state index contributed by atoms with van der Waals surface area (Å²) in [6, 6.07) is 15.9. The molecule has 0 atom stereocenters. The van der Waals surface area contributed by atoms with E-state index in [1.54, 1.807) is 24.3 Å². The van der Waals surface area contributed by atoms with Crippen molar-refractivity contribution in [3.05, 3.63) is 87.2 Å². The van der Waals surface area contributed by atoms with Crippen molar-refractivity contribution in [2.45, 2.75) is 24.7 Å². The molecule has 39 heavy (non-hydrogen) atoms. The number of rotatable bonds is 7. The zero-order chi connectivity index (χ0) is 27.7. The molecule has 200 valence electrons. The van der Waals surface area contributed by atoms with Crippen molar-refractivity contribution in [1.29, 1.82) is 0 Å². The highest BCUT2D eigenvalue weighted by atomic mass is 32.2. The van der Waals surface area contributed by atoms with Crippen LogP contribution in [0.4, 0.5) is 5.69 Å². The fraction of sp³-hybridized carbons (Fsp3) is 0.207. The molecule has 10 heteroatoms. The van der Waals surface area contributed by atoms with E-state index in [1.165, 1.54) is 26.2 Å². The zero-order valence-electron chi connectivity index (χ0n) is 21.7. The second-order valence-corrected chi connectivity index (χ2v) is 12.5. The molecule has 4 aromatic rings. The number of thiophene rings is 1. The van der Waals surface area contributed by atoms with Gasteiger partial charge in [-0.3, -0.25) is 4.79 Å². The van der Waals surface area contributed by atoms with Crippen LogP contribution in [-0.2, 0) is 26.0 Å². The van der Waals surface area contributed by atoms with Gasteiger partial charge in [-0.15, -0.1) is 11.3 Å². The van der Waals surface area contributed by atoms with Crippen LogP contribution >= 0.6 is 11.3 Å². The fourth-order valence-electron chi connectivity index (χ4n) is 4.55. The van der Waals surface area contributed by atoms with E-state index in [0.717, 1.165) is 32.4 Å². The number of aromatic nitrogens is 1. The topological polar surface area (TPSA) is 106 Å². The second kappa shape index (κ2) is 10.7. The van der Waals surface area contributed by atoms with E-state index in [-0.39, 0.29) is 4.90 Å². The normalized spacial score (nSPS) is 14.1. The van der Waals surface area contributed by atoms with Gasteiger partial charge in [-0.25, -0.2) is 22.5 Å². The maximum Gasteiger partial charge on any atom is 0.339 e. The first-order chi connectivity index (χ1) is 18.6. The molecule has 1 amide bonds. The van der Waals surface area contributed by atoms with Gasteiger partial charge in [-0.05, 0) is 72.2 Å². The summed E-state index contributed by atoms with van der Waals surface area (Å²) in [4.78, 5) is 32.2. The largest absolute Gasteiger partial charge is 0.452 e. The lowest BCUT2D eigenvalue weighted by molar-refractivity contribution is -0.119. The molecular weight excluding hydrogens is 534 g/mol. The molecule has 0 bridgehead atoms. The number of hydrogen-bond donors (Lipinski definition) is 1. The van der Waals surface area contributed by atoms with Crippen molar-refractivity contribution in [2.24, 2.45) is 0 Å². The summed E-state index contributed by atoms with van der Waals surface area (Å²) in [5, 5.41) is 5.36. The maximum absolute atomic E-state index is 13.4. The minimum Gasteiger partial charge on any atom is -0.452 e. The summed E-state index contributed by atoms with van der Waals surface area (Å²) >= 11 is 1.64. The predicted molar refractivity (Wildman–Crippen MR) is 153 cm³/mol. The number of anilines is 1. The van der Waals surface area contributed by atoms with Crippen molar-refractivity contribution in [1.82, 2.24) is 9.29 Å². The molecule has 1 N–H and O–H groups in total. The molecular formula is C29H27N3O5S2. The number of carbonyl (C=O) groups is 2. The van der Waals surface area contributed by atoms with Gasteiger partial charge in [-0.1, -0.05) is 30.3 Å². The minimum absolute atomic E-state index is 0.0515. The van der Waals surface area contributed by atoms with Crippen LogP contribution < -0.4 is 5.32 Å². The monoisotopic (exact) mass is 561 g/mol. The summed E-state index contributed by atoms with van der Waals surface area (Å²) in [5.74, 6) is -1.17. The third-order valence-electron chi connectivity index (χ3n) is 6.60. The Morgan fingerprint density at radius 2 is 1.90 bits per heavy atom. The van der Waals surface area contributed by atoms with Crippen molar-refractivity contribution >= 4 is 61.5 Å². The van der Waals surface area contributed by atoms with Crippen LogP contribution in [0.15, 0.2) is 64.9 Å². The summed E-state index contributed by atoms with van der Waals surface area (Å²) in [6.07, 6.45) is 3.50. The number of hydrogen-bond acceptors (Lipinski definition) is 7. The van der Waals surface area contributed by atoms with Crippen LogP contribution in [0.3, 0.4) is 0 Å². The van der Waals surface area contributed by atoms with Crippen LogP contribution in [0.1, 0.15) is 38.5 Å². The van der Waals surface area contributed by atoms with Gasteiger partial charge in [0.05, 0.1) is 21.7 Å². The van der Waals surface area contributed by atoms with Crippen LogP contribution in [0, 0.1) is 6.92 Å². The fourth-order valence-corrected chi connectivity index (χ4v) is 6.16. The molecule has 0 radical (unpaired) electrons. The number of aryl methyl sites for hydroxylation is 1. The molecule has 2 aromatic heterocycles. The molecule has 0 saturated carbocycles. The Morgan fingerprint density at radius 3 is 2.64 bits per heavy atom. The Bertz CT molecular complexity index is 1730. The standard InChI is InChI=1S/C29H27N3O5S2/c1-18-10-12-21(39(35,36)32(2)3)16-25(18)30-26(33)17-37-29(34)27-22-8-4-5-9-24(22)31-28-19(11-13-23(27)28)15-20-7-6-14-38-20/h4-10,12,14-16H,11,13,17H2,1-3H3,(H,30,33)/b19-15-. The van der Waals surface area contributed by atoms with Gasteiger partial charge in [0.15, 0.2) is 6.61 Å². The highest BCUT2D eigenvalue weighted by Crippen LogP contribution is 2.38. The van der Waals surface area contributed by atoms with Crippen molar-refractivity contribution in [3.63, 3.8) is 0 Å². The SMILES string of the molecule is Cc1ccc(S(=O)(=O)N(C)C)cc1NC(=O)COC(=O)c1c2c(nc3ccccc13)/C(=C\c1cccs1)CC2. The van der Waals surface area contributed by atoms with E-state index < -0.39 is 28.5 Å². The number of sulfonamides is 1. The third kappa shape index (κ3) is 5.36. The number of esters is 1. The van der Waals surface area contributed by atoms with E-state index in [4.69, 9.17) is 9.72 Å². The van der Waals surface area contributed by atoms with Gasteiger partial charge in [0.2, 0.25) is 10.0 Å². The van der Waals surface area contributed by atoms with E-state index in [9.17, 15) is 18.0 Å². The minimum atomic E-state index is -3.67. The Hall–Kier alpha value is -3.86. The van der Waals surface area contributed by atoms with Crippen LogP contribution in [0.25, 0.3) is 22.6 Å². The number of nitrogens with zero attached hydrogens (tertiary/aromatic N) is 2. The molecule has 8 nitrogen and oxygen atoms in total. The van der Waals surface area contributed by atoms with Gasteiger partial charge < -0.3 is 10.1 Å².